The van der Waals surface area contributed by atoms with Gasteiger partial charge < -0.3 is 4.74 Å². The lowest BCUT2D eigenvalue weighted by Crippen LogP contribution is -2.47. The summed E-state index contributed by atoms with van der Waals surface area (Å²) in [7, 11) is 2.01. The number of rotatable bonds is 2. The topological polar surface area (TPSA) is 61.0 Å². The zero-order chi connectivity index (χ0) is 14.4. The van der Waals surface area contributed by atoms with Gasteiger partial charge in [-0.1, -0.05) is 5.21 Å². The van der Waals surface area contributed by atoms with Crippen LogP contribution in [-0.2, 0) is 24.9 Å². The van der Waals surface area contributed by atoms with Crippen LogP contribution in [0.5, 0.6) is 0 Å². The standard InChI is InChI=1S/C14H20N6O/c1-10-5-16-18(2)12(10)7-19-4-3-14-13(8-19)20-11(9-21-14)6-15-17-20/h5-6,13-14H,3-4,7-9H2,1-2H3/t13-,14-/m0/s1. The molecule has 2 atom stereocenters. The summed E-state index contributed by atoms with van der Waals surface area (Å²) in [5.74, 6) is 0. The maximum absolute atomic E-state index is 5.95. The summed E-state index contributed by atoms with van der Waals surface area (Å²) in [4.78, 5) is 2.46. The van der Waals surface area contributed by atoms with Crippen LogP contribution in [-0.4, -0.2) is 48.9 Å². The minimum Gasteiger partial charge on any atom is -0.370 e. The molecule has 0 bridgehead atoms. The van der Waals surface area contributed by atoms with E-state index in [9.17, 15) is 0 Å². The molecule has 1 saturated heterocycles. The number of fused-ring (bicyclic) bond motifs is 3. The minimum absolute atomic E-state index is 0.267. The lowest BCUT2D eigenvalue weighted by molar-refractivity contribution is -0.0672. The molecule has 112 valence electrons. The van der Waals surface area contributed by atoms with Gasteiger partial charge in [0.25, 0.3) is 0 Å². The maximum Gasteiger partial charge on any atom is 0.0930 e. The van der Waals surface area contributed by atoms with Gasteiger partial charge in [0.05, 0.1) is 42.5 Å². The van der Waals surface area contributed by atoms with Gasteiger partial charge in [0, 0.05) is 26.7 Å². The van der Waals surface area contributed by atoms with Gasteiger partial charge in [0.1, 0.15) is 0 Å². The first-order valence-corrected chi connectivity index (χ1v) is 7.43. The second-order valence-corrected chi connectivity index (χ2v) is 6.01. The van der Waals surface area contributed by atoms with Crippen LogP contribution < -0.4 is 0 Å². The van der Waals surface area contributed by atoms with Gasteiger partial charge in [-0.15, -0.1) is 5.10 Å². The van der Waals surface area contributed by atoms with Crippen LogP contribution in [0.25, 0.3) is 0 Å². The molecule has 0 aromatic carbocycles. The molecule has 0 N–H and O–H groups in total. The largest absolute Gasteiger partial charge is 0.370 e. The molecule has 0 aliphatic carbocycles. The number of hydrogen-bond donors (Lipinski definition) is 0. The molecular weight excluding hydrogens is 268 g/mol. The average molecular weight is 288 g/mol. The summed E-state index contributed by atoms with van der Waals surface area (Å²) >= 11 is 0. The van der Waals surface area contributed by atoms with Crippen LogP contribution >= 0.6 is 0 Å². The van der Waals surface area contributed by atoms with Gasteiger partial charge in [0.2, 0.25) is 0 Å². The first-order chi connectivity index (χ1) is 10.2. The Morgan fingerprint density at radius 2 is 2.29 bits per heavy atom. The summed E-state index contributed by atoms with van der Waals surface area (Å²) in [5.41, 5.74) is 3.61. The Balaban J connectivity index is 1.54. The molecule has 2 aromatic heterocycles. The fourth-order valence-electron chi connectivity index (χ4n) is 3.40. The highest BCUT2D eigenvalue weighted by Gasteiger charge is 2.36. The number of aromatic nitrogens is 5. The zero-order valence-corrected chi connectivity index (χ0v) is 12.4. The Morgan fingerprint density at radius 1 is 1.38 bits per heavy atom. The summed E-state index contributed by atoms with van der Waals surface area (Å²) in [6.45, 7) is 5.68. The second kappa shape index (κ2) is 4.92. The second-order valence-electron chi connectivity index (χ2n) is 6.01. The van der Waals surface area contributed by atoms with E-state index in [0.29, 0.717) is 6.61 Å². The summed E-state index contributed by atoms with van der Waals surface area (Å²) in [5, 5.41) is 12.6. The first-order valence-electron chi connectivity index (χ1n) is 7.43. The third-order valence-corrected chi connectivity index (χ3v) is 4.66. The fourth-order valence-corrected chi connectivity index (χ4v) is 3.40. The lowest BCUT2D eigenvalue weighted by Gasteiger charge is -2.41. The van der Waals surface area contributed by atoms with Crippen molar-refractivity contribution < 1.29 is 4.74 Å². The number of likely N-dealkylation sites (tertiary alicyclic amines) is 1. The minimum atomic E-state index is 0.267. The normalized spacial score (nSPS) is 25.6. The van der Waals surface area contributed by atoms with E-state index in [2.05, 4.69) is 31.9 Å². The third kappa shape index (κ3) is 2.16. The Kier molecular flexibility index (Phi) is 3.04. The fraction of sp³-hybridized carbons (Fsp3) is 0.643. The van der Waals surface area contributed by atoms with Crippen LogP contribution in [0.2, 0.25) is 0 Å². The molecule has 21 heavy (non-hydrogen) atoms. The number of aryl methyl sites for hydroxylation is 2. The molecule has 4 rings (SSSR count). The first kappa shape index (κ1) is 13.0. The Hall–Kier alpha value is -1.73. The highest BCUT2D eigenvalue weighted by atomic mass is 16.5. The van der Waals surface area contributed by atoms with E-state index in [-0.39, 0.29) is 12.1 Å². The predicted molar refractivity (Wildman–Crippen MR) is 75.5 cm³/mol. The van der Waals surface area contributed by atoms with E-state index < -0.39 is 0 Å². The van der Waals surface area contributed by atoms with Crippen molar-refractivity contribution in [2.45, 2.75) is 38.6 Å². The number of ether oxygens (including phenoxy) is 1. The van der Waals surface area contributed by atoms with Crippen molar-refractivity contribution in [3.8, 4) is 0 Å². The Bertz CT molecular complexity index is 628. The highest BCUT2D eigenvalue weighted by Crippen LogP contribution is 2.30. The highest BCUT2D eigenvalue weighted by molar-refractivity contribution is 5.15. The summed E-state index contributed by atoms with van der Waals surface area (Å²) in [6, 6.07) is 0.276. The van der Waals surface area contributed by atoms with Crippen molar-refractivity contribution in [1.82, 2.24) is 29.7 Å². The van der Waals surface area contributed by atoms with Crippen molar-refractivity contribution in [3.05, 3.63) is 29.3 Å². The number of nitrogens with zero attached hydrogens (tertiary/aromatic N) is 6. The van der Waals surface area contributed by atoms with Crippen LogP contribution in [0, 0.1) is 6.92 Å². The molecule has 0 spiro atoms. The molecule has 0 amide bonds. The van der Waals surface area contributed by atoms with Gasteiger partial charge in [-0.2, -0.15) is 5.10 Å². The van der Waals surface area contributed by atoms with Gasteiger partial charge in [-0.25, -0.2) is 4.68 Å². The van der Waals surface area contributed by atoms with E-state index in [1.54, 1.807) is 6.20 Å². The molecule has 0 radical (unpaired) electrons. The molecule has 2 aliphatic heterocycles. The Morgan fingerprint density at radius 3 is 3.10 bits per heavy atom. The number of hydrogen-bond acceptors (Lipinski definition) is 5. The third-order valence-electron chi connectivity index (χ3n) is 4.66. The van der Waals surface area contributed by atoms with Crippen LogP contribution in [0.1, 0.15) is 29.4 Å². The van der Waals surface area contributed by atoms with Crippen molar-refractivity contribution >= 4 is 0 Å². The lowest BCUT2D eigenvalue weighted by atomic mass is 10.00. The average Bonchev–Trinajstić information content (AvgIpc) is 3.09. The van der Waals surface area contributed by atoms with Crippen molar-refractivity contribution in [2.75, 3.05) is 13.1 Å². The molecule has 7 nitrogen and oxygen atoms in total. The monoisotopic (exact) mass is 288 g/mol. The van der Waals surface area contributed by atoms with E-state index in [1.165, 1.54) is 11.3 Å². The van der Waals surface area contributed by atoms with Crippen molar-refractivity contribution in [3.63, 3.8) is 0 Å². The van der Waals surface area contributed by atoms with Crippen molar-refractivity contribution in [2.24, 2.45) is 7.05 Å². The Labute approximate surface area is 123 Å². The van der Waals surface area contributed by atoms with Crippen LogP contribution in [0.3, 0.4) is 0 Å². The smallest absolute Gasteiger partial charge is 0.0930 e. The van der Waals surface area contributed by atoms with Gasteiger partial charge in [-0.3, -0.25) is 9.58 Å². The van der Waals surface area contributed by atoms with Gasteiger partial charge in [0.15, 0.2) is 0 Å². The molecule has 2 aromatic rings. The molecule has 7 heteroatoms. The quantitative estimate of drug-likeness (QED) is 0.812. The summed E-state index contributed by atoms with van der Waals surface area (Å²) < 4.78 is 9.98. The molecule has 2 aliphatic rings. The van der Waals surface area contributed by atoms with E-state index in [1.807, 2.05) is 17.9 Å². The van der Waals surface area contributed by atoms with E-state index >= 15 is 0 Å². The van der Waals surface area contributed by atoms with E-state index in [0.717, 1.165) is 31.7 Å². The maximum atomic E-state index is 5.95. The van der Waals surface area contributed by atoms with Gasteiger partial charge >= 0.3 is 0 Å². The zero-order valence-electron chi connectivity index (χ0n) is 12.4. The summed E-state index contributed by atoms with van der Waals surface area (Å²) in [6.07, 6.45) is 5.05. The molecular formula is C14H20N6O. The predicted octanol–water partition coefficient (Wildman–Crippen LogP) is 0.666. The molecule has 4 heterocycles. The van der Waals surface area contributed by atoms with Crippen molar-refractivity contribution in [1.29, 1.82) is 0 Å². The SMILES string of the molecule is Cc1cnn(C)c1CN1CC[C@@H]2OCc3cnnn3[C@H]2C1. The van der Waals surface area contributed by atoms with Crippen LogP contribution in [0.15, 0.2) is 12.4 Å². The van der Waals surface area contributed by atoms with E-state index in [4.69, 9.17) is 4.74 Å². The molecule has 1 fully saturated rings. The molecule has 0 unspecified atom stereocenters. The molecule has 0 saturated carbocycles. The number of piperidine rings is 1. The van der Waals surface area contributed by atoms with Crippen LogP contribution in [0.4, 0.5) is 0 Å². The van der Waals surface area contributed by atoms with Gasteiger partial charge in [-0.05, 0) is 18.9 Å².